The van der Waals surface area contributed by atoms with Gasteiger partial charge in [0.15, 0.2) is 0 Å². The number of hydrogen-bond acceptors (Lipinski definition) is 2. The second-order valence-corrected chi connectivity index (χ2v) is 13.4. The molecule has 0 unspecified atom stereocenters. The van der Waals surface area contributed by atoms with Crippen LogP contribution in [0, 0.1) is 0 Å². The molecule has 2 heterocycles. The van der Waals surface area contributed by atoms with Crippen LogP contribution < -0.4 is 9.47 Å². The second-order valence-electron chi connectivity index (χ2n) is 13.4. The van der Waals surface area contributed by atoms with Gasteiger partial charge >= 0.3 is 0 Å². The van der Waals surface area contributed by atoms with Crippen molar-refractivity contribution in [2.45, 2.75) is 44.9 Å². The van der Waals surface area contributed by atoms with Crippen molar-refractivity contribution in [1.29, 1.82) is 0 Å². The van der Waals surface area contributed by atoms with E-state index in [-0.39, 0.29) is 10.8 Å². The third-order valence-corrected chi connectivity index (χ3v) is 9.86. The molecule has 0 aliphatic carbocycles. The van der Waals surface area contributed by atoms with Crippen LogP contribution in [0.3, 0.4) is 0 Å². The molecule has 0 atom stereocenters. The molecule has 0 saturated heterocycles. The Morgan fingerprint density at radius 2 is 0.778 bits per heavy atom. The summed E-state index contributed by atoms with van der Waals surface area (Å²) in [4.78, 5) is 0. The molecule has 220 valence electrons. The minimum absolute atomic E-state index is 0.127. The Morgan fingerprint density at radius 1 is 0.400 bits per heavy atom. The van der Waals surface area contributed by atoms with Gasteiger partial charge < -0.3 is 9.47 Å². The summed E-state index contributed by atoms with van der Waals surface area (Å²) in [5, 5.41) is 0. The first-order valence-corrected chi connectivity index (χ1v) is 15.8. The van der Waals surface area contributed by atoms with Crippen LogP contribution in [-0.4, -0.2) is 0 Å². The monoisotopic (exact) mass is 584 g/mol. The van der Waals surface area contributed by atoms with E-state index in [0.29, 0.717) is 0 Å². The van der Waals surface area contributed by atoms with Gasteiger partial charge in [-0.3, -0.25) is 0 Å². The fourth-order valence-corrected chi connectivity index (χ4v) is 7.23. The van der Waals surface area contributed by atoms with Gasteiger partial charge in [0.05, 0.1) is 0 Å². The number of hydrogen-bond donors (Lipinski definition) is 0. The molecule has 2 nitrogen and oxygen atoms in total. The van der Waals surface area contributed by atoms with Crippen LogP contribution in [0.5, 0.6) is 23.0 Å². The van der Waals surface area contributed by atoms with E-state index in [1.54, 1.807) is 0 Å². The molecule has 0 N–H and O–H groups in total. The van der Waals surface area contributed by atoms with Crippen molar-refractivity contribution in [1.82, 2.24) is 0 Å². The maximum atomic E-state index is 6.53. The van der Waals surface area contributed by atoms with E-state index in [4.69, 9.17) is 9.47 Å². The highest BCUT2D eigenvalue weighted by Gasteiger charge is 2.36. The molecule has 0 bridgehead atoms. The molecule has 0 spiro atoms. The van der Waals surface area contributed by atoms with Gasteiger partial charge in [-0.15, -0.1) is 0 Å². The predicted octanol–water partition coefficient (Wildman–Crippen LogP) is 11.5. The Morgan fingerprint density at radius 3 is 1.20 bits per heavy atom. The van der Waals surface area contributed by atoms with Crippen molar-refractivity contribution < 1.29 is 9.47 Å². The van der Waals surface area contributed by atoms with Gasteiger partial charge in [-0.2, -0.15) is 0 Å². The largest absolute Gasteiger partial charge is 0.456 e. The normalized spacial score (nSPS) is 15.0. The van der Waals surface area contributed by atoms with Gasteiger partial charge in [0.2, 0.25) is 0 Å². The van der Waals surface area contributed by atoms with Gasteiger partial charge in [0.25, 0.3) is 0 Å². The topological polar surface area (TPSA) is 18.5 Å². The third kappa shape index (κ3) is 4.47. The highest BCUT2D eigenvalue weighted by Crippen LogP contribution is 2.52. The van der Waals surface area contributed by atoms with Crippen LogP contribution in [0.1, 0.15) is 61.1 Å². The van der Waals surface area contributed by atoms with Crippen molar-refractivity contribution in [3.05, 3.63) is 167 Å². The highest BCUT2D eigenvalue weighted by atomic mass is 16.5. The lowest BCUT2D eigenvalue weighted by Gasteiger charge is -2.35. The van der Waals surface area contributed by atoms with Crippen molar-refractivity contribution in [2.75, 3.05) is 0 Å². The standard InChI is InChI=1S/C43H36O2/c1-42(2)34-13-5-7-17-38(34)44-40-32(11-9-15-36(40)42)30-23-19-28(20-24-30)27-29-21-25-31(26-22-29)33-12-10-16-37-41(33)45-39-18-8-6-14-35(39)43(37,3)4/h5-26H,27H2,1-4H3. The maximum Gasteiger partial charge on any atom is 0.139 e. The molecule has 2 aliphatic rings. The smallest absolute Gasteiger partial charge is 0.139 e. The van der Waals surface area contributed by atoms with E-state index in [9.17, 15) is 0 Å². The molecule has 0 fully saturated rings. The van der Waals surface area contributed by atoms with Crippen molar-refractivity contribution in [3.8, 4) is 45.3 Å². The van der Waals surface area contributed by atoms with Crippen LogP contribution in [0.2, 0.25) is 0 Å². The summed E-state index contributed by atoms with van der Waals surface area (Å²) in [6, 6.07) is 47.7. The Balaban J connectivity index is 1.04. The van der Waals surface area contributed by atoms with E-state index in [1.807, 2.05) is 12.1 Å². The zero-order valence-electron chi connectivity index (χ0n) is 26.2. The first-order chi connectivity index (χ1) is 21.8. The van der Waals surface area contributed by atoms with E-state index in [2.05, 4.69) is 149 Å². The van der Waals surface area contributed by atoms with Crippen LogP contribution in [0.25, 0.3) is 22.3 Å². The third-order valence-electron chi connectivity index (χ3n) is 9.86. The number of fused-ring (bicyclic) bond motifs is 4. The van der Waals surface area contributed by atoms with Gasteiger partial charge in [0.1, 0.15) is 23.0 Å². The lowest BCUT2D eigenvalue weighted by atomic mass is 9.75. The predicted molar refractivity (Wildman–Crippen MR) is 184 cm³/mol. The average molecular weight is 585 g/mol. The quantitative estimate of drug-likeness (QED) is 0.205. The molecule has 0 aromatic heterocycles. The molecule has 0 radical (unpaired) electrons. The van der Waals surface area contributed by atoms with E-state index in [0.717, 1.165) is 40.5 Å². The SMILES string of the molecule is CC1(C)c2ccccc2Oc2c(-c3ccc(Cc4ccc(-c5cccc6c5Oc5ccccc5C6(C)C)cc4)cc3)cccc21. The average Bonchev–Trinajstić information content (AvgIpc) is 3.05. The highest BCUT2D eigenvalue weighted by molar-refractivity contribution is 5.77. The van der Waals surface area contributed by atoms with E-state index in [1.165, 1.54) is 44.5 Å². The molecule has 2 aliphatic heterocycles. The molecular weight excluding hydrogens is 548 g/mol. The number of rotatable bonds is 4. The summed E-state index contributed by atoms with van der Waals surface area (Å²) in [6.45, 7) is 9.13. The van der Waals surface area contributed by atoms with Crippen LogP contribution in [-0.2, 0) is 17.3 Å². The minimum Gasteiger partial charge on any atom is -0.456 e. The summed E-state index contributed by atoms with van der Waals surface area (Å²) in [5.74, 6) is 3.81. The maximum absolute atomic E-state index is 6.53. The van der Waals surface area contributed by atoms with Crippen molar-refractivity contribution in [3.63, 3.8) is 0 Å². The van der Waals surface area contributed by atoms with E-state index >= 15 is 0 Å². The fraction of sp³-hybridized carbons (Fsp3) is 0.163. The summed E-state index contributed by atoms with van der Waals surface area (Å²) in [6.07, 6.45) is 0.869. The molecule has 6 aromatic rings. The Hall–Kier alpha value is -5.08. The lowest BCUT2D eigenvalue weighted by Crippen LogP contribution is -2.24. The Bertz CT molecular complexity index is 1910. The lowest BCUT2D eigenvalue weighted by molar-refractivity contribution is 0.419. The first kappa shape index (κ1) is 27.5. The van der Waals surface area contributed by atoms with Crippen molar-refractivity contribution in [2.24, 2.45) is 0 Å². The van der Waals surface area contributed by atoms with Crippen LogP contribution in [0.4, 0.5) is 0 Å². The van der Waals surface area contributed by atoms with Crippen molar-refractivity contribution >= 4 is 0 Å². The zero-order valence-corrected chi connectivity index (χ0v) is 26.2. The number of benzene rings is 6. The summed E-state index contributed by atoms with van der Waals surface area (Å²) < 4.78 is 13.1. The second kappa shape index (κ2) is 10.2. The molecule has 2 heteroatoms. The fourth-order valence-electron chi connectivity index (χ4n) is 7.23. The minimum atomic E-state index is -0.127. The van der Waals surface area contributed by atoms with E-state index < -0.39 is 0 Å². The molecular formula is C43H36O2. The summed E-state index contributed by atoms with van der Waals surface area (Å²) in [7, 11) is 0. The molecule has 0 amide bonds. The molecule has 6 aromatic carbocycles. The van der Waals surface area contributed by atoms with Gasteiger partial charge in [-0.05, 0) is 40.8 Å². The van der Waals surface area contributed by atoms with Crippen LogP contribution >= 0.6 is 0 Å². The molecule has 45 heavy (non-hydrogen) atoms. The van der Waals surface area contributed by atoms with Crippen LogP contribution in [0.15, 0.2) is 133 Å². The Labute approximate surface area is 265 Å². The number of para-hydroxylation sites is 4. The Kier molecular flexibility index (Phi) is 6.25. The van der Waals surface area contributed by atoms with Gasteiger partial charge in [0, 0.05) is 44.2 Å². The van der Waals surface area contributed by atoms with Gasteiger partial charge in [-0.25, -0.2) is 0 Å². The zero-order chi connectivity index (χ0) is 30.8. The molecule has 0 saturated carbocycles. The first-order valence-electron chi connectivity index (χ1n) is 15.8. The summed E-state index contributed by atoms with van der Waals surface area (Å²) in [5.41, 5.74) is 11.8. The summed E-state index contributed by atoms with van der Waals surface area (Å²) >= 11 is 0. The van der Waals surface area contributed by atoms with Gasteiger partial charge in [-0.1, -0.05) is 149 Å². The number of ether oxygens (including phenoxy) is 2. The molecule has 8 rings (SSSR count).